The highest BCUT2D eigenvalue weighted by Crippen LogP contribution is 2.30. The Hall–Kier alpha value is -2.21. The predicted octanol–water partition coefficient (Wildman–Crippen LogP) is 0.425. The van der Waals surface area contributed by atoms with E-state index in [2.05, 4.69) is 0 Å². The average molecular weight is 235 g/mol. The van der Waals surface area contributed by atoms with Gasteiger partial charge in [0.1, 0.15) is 17.0 Å². The van der Waals surface area contributed by atoms with E-state index in [9.17, 15) is 4.79 Å². The van der Waals surface area contributed by atoms with Gasteiger partial charge in [0.05, 0.1) is 7.11 Å². The van der Waals surface area contributed by atoms with E-state index in [1.54, 1.807) is 12.1 Å². The van der Waals surface area contributed by atoms with Crippen LogP contribution in [-0.2, 0) is 6.54 Å². The Morgan fingerprint density at radius 1 is 1.35 bits per heavy atom. The van der Waals surface area contributed by atoms with Crippen molar-refractivity contribution in [2.75, 3.05) is 18.6 Å². The molecule has 0 aliphatic heterocycles. The molecule has 0 saturated carbocycles. The van der Waals surface area contributed by atoms with Crippen LogP contribution in [0.15, 0.2) is 21.3 Å². The molecule has 90 valence electrons. The van der Waals surface area contributed by atoms with Crippen LogP contribution in [0, 0.1) is 0 Å². The Balaban J connectivity index is 2.95. The first-order chi connectivity index (χ1) is 8.08. The minimum atomic E-state index is -0.620. The van der Waals surface area contributed by atoms with Crippen LogP contribution in [-0.4, -0.2) is 7.11 Å². The fraction of sp³-hybridized carbons (Fsp3) is 0.182. The van der Waals surface area contributed by atoms with Gasteiger partial charge in [0, 0.05) is 35.3 Å². The van der Waals surface area contributed by atoms with Crippen LogP contribution in [0.4, 0.5) is 11.4 Å². The summed E-state index contributed by atoms with van der Waals surface area (Å²) in [6, 6.07) is 3.20. The summed E-state index contributed by atoms with van der Waals surface area (Å²) in [5.41, 5.74) is 17.7. The van der Waals surface area contributed by atoms with Crippen molar-refractivity contribution in [1.82, 2.24) is 0 Å². The van der Waals surface area contributed by atoms with Gasteiger partial charge in [0.15, 0.2) is 0 Å². The van der Waals surface area contributed by atoms with Crippen LogP contribution in [0.25, 0.3) is 11.0 Å². The Bertz CT molecular complexity index is 634. The van der Waals surface area contributed by atoms with Gasteiger partial charge >= 0.3 is 5.63 Å². The Morgan fingerprint density at radius 2 is 2.06 bits per heavy atom. The van der Waals surface area contributed by atoms with E-state index in [1.807, 2.05) is 0 Å². The zero-order valence-electron chi connectivity index (χ0n) is 9.32. The topological polar surface area (TPSA) is 117 Å². The summed E-state index contributed by atoms with van der Waals surface area (Å²) in [5, 5.41) is 0.561. The highest BCUT2D eigenvalue weighted by molar-refractivity contribution is 5.95. The monoisotopic (exact) mass is 235 g/mol. The molecule has 0 amide bonds. The second-order valence-electron chi connectivity index (χ2n) is 3.58. The van der Waals surface area contributed by atoms with Gasteiger partial charge in [0.2, 0.25) is 0 Å². The molecule has 2 aromatic rings. The minimum absolute atomic E-state index is 0.00290. The second-order valence-corrected chi connectivity index (χ2v) is 3.58. The molecule has 17 heavy (non-hydrogen) atoms. The van der Waals surface area contributed by atoms with E-state index in [1.165, 1.54) is 7.11 Å². The third-order valence-electron chi connectivity index (χ3n) is 2.60. The van der Waals surface area contributed by atoms with Crippen LogP contribution < -0.4 is 27.6 Å². The third-order valence-corrected chi connectivity index (χ3v) is 2.60. The lowest BCUT2D eigenvalue weighted by molar-refractivity contribution is 0.414. The summed E-state index contributed by atoms with van der Waals surface area (Å²) in [4.78, 5) is 11.5. The molecular formula is C11H13N3O3. The first kappa shape index (κ1) is 11.3. The molecule has 0 bridgehead atoms. The molecule has 6 heteroatoms. The SMILES string of the molecule is COc1cc(N)c2c(CN)c(N)c(=O)oc2c1. The third kappa shape index (κ3) is 1.68. The number of nitrogen functional groups attached to an aromatic ring is 2. The maximum Gasteiger partial charge on any atom is 0.359 e. The van der Waals surface area contributed by atoms with Gasteiger partial charge in [-0.05, 0) is 0 Å². The van der Waals surface area contributed by atoms with Crippen molar-refractivity contribution >= 4 is 22.3 Å². The van der Waals surface area contributed by atoms with Gasteiger partial charge in [-0.3, -0.25) is 0 Å². The molecule has 0 spiro atoms. The number of hydrogen-bond acceptors (Lipinski definition) is 6. The van der Waals surface area contributed by atoms with Crippen LogP contribution in [0.3, 0.4) is 0 Å². The molecule has 1 aromatic heterocycles. The molecule has 0 aliphatic rings. The normalized spacial score (nSPS) is 10.7. The Labute approximate surface area is 96.9 Å². The van der Waals surface area contributed by atoms with Crippen molar-refractivity contribution in [2.45, 2.75) is 6.54 Å². The second kappa shape index (κ2) is 3.99. The van der Waals surface area contributed by atoms with Gasteiger partial charge in [0.25, 0.3) is 0 Å². The maximum atomic E-state index is 11.5. The first-order valence-electron chi connectivity index (χ1n) is 4.97. The molecule has 1 heterocycles. The lowest BCUT2D eigenvalue weighted by atomic mass is 10.1. The van der Waals surface area contributed by atoms with Gasteiger partial charge in [-0.25, -0.2) is 4.79 Å². The lowest BCUT2D eigenvalue weighted by Gasteiger charge is -2.10. The molecular weight excluding hydrogens is 222 g/mol. The fourth-order valence-corrected chi connectivity index (χ4v) is 1.76. The van der Waals surface area contributed by atoms with Crippen LogP contribution in [0.1, 0.15) is 5.56 Å². The Kier molecular flexibility index (Phi) is 2.64. The van der Waals surface area contributed by atoms with E-state index < -0.39 is 5.63 Å². The number of benzene rings is 1. The number of nitrogens with two attached hydrogens (primary N) is 3. The summed E-state index contributed by atoms with van der Waals surface area (Å²) < 4.78 is 10.1. The van der Waals surface area contributed by atoms with Crippen molar-refractivity contribution in [2.24, 2.45) is 5.73 Å². The zero-order chi connectivity index (χ0) is 12.6. The van der Waals surface area contributed by atoms with E-state index in [0.717, 1.165) is 0 Å². The number of methoxy groups -OCH3 is 1. The molecule has 0 radical (unpaired) electrons. The smallest absolute Gasteiger partial charge is 0.359 e. The number of anilines is 2. The summed E-state index contributed by atoms with van der Waals surface area (Å²) in [5.74, 6) is 0.505. The molecule has 0 unspecified atom stereocenters. The van der Waals surface area contributed by atoms with Crippen molar-refractivity contribution in [3.8, 4) is 5.75 Å². The maximum absolute atomic E-state index is 11.5. The molecule has 1 aromatic carbocycles. The average Bonchev–Trinajstić information content (AvgIpc) is 2.31. The quantitative estimate of drug-likeness (QED) is 0.513. The molecule has 6 N–H and O–H groups in total. The molecule has 2 rings (SSSR count). The summed E-state index contributed by atoms with van der Waals surface area (Å²) in [7, 11) is 1.50. The van der Waals surface area contributed by atoms with E-state index in [-0.39, 0.29) is 12.2 Å². The molecule has 0 saturated heterocycles. The van der Waals surface area contributed by atoms with Gasteiger partial charge in [-0.2, -0.15) is 0 Å². The first-order valence-corrected chi connectivity index (χ1v) is 4.97. The highest BCUT2D eigenvalue weighted by atomic mass is 16.5. The van der Waals surface area contributed by atoms with Gasteiger partial charge in [-0.15, -0.1) is 0 Å². The summed E-state index contributed by atoms with van der Waals surface area (Å²) in [6.45, 7) is 0.116. The van der Waals surface area contributed by atoms with Gasteiger partial charge < -0.3 is 26.4 Å². The van der Waals surface area contributed by atoms with Crippen LogP contribution >= 0.6 is 0 Å². The standard InChI is InChI=1S/C11H13N3O3/c1-16-5-2-7(13)9-6(4-12)10(14)11(15)17-8(9)3-5/h2-3H,4,12-14H2,1H3. The Morgan fingerprint density at radius 3 is 2.65 bits per heavy atom. The highest BCUT2D eigenvalue weighted by Gasteiger charge is 2.14. The van der Waals surface area contributed by atoms with E-state index in [0.29, 0.717) is 28.0 Å². The zero-order valence-corrected chi connectivity index (χ0v) is 9.32. The molecule has 0 fully saturated rings. The van der Waals surface area contributed by atoms with Crippen molar-refractivity contribution in [3.05, 3.63) is 28.1 Å². The fourth-order valence-electron chi connectivity index (χ4n) is 1.76. The van der Waals surface area contributed by atoms with Crippen LogP contribution in [0.5, 0.6) is 5.75 Å². The van der Waals surface area contributed by atoms with Gasteiger partial charge in [-0.1, -0.05) is 0 Å². The predicted molar refractivity (Wildman–Crippen MR) is 65.8 cm³/mol. The number of hydrogen-bond donors (Lipinski definition) is 3. The lowest BCUT2D eigenvalue weighted by Crippen LogP contribution is -2.14. The van der Waals surface area contributed by atoms with Crippen molar-refractivity contribution in [3.63, 3.8) is 0 Å². The molecule has 0 aliphatic carbocycles. The number of ether oxygens (including phenoxy) is 1. The van der Waals surface area contributed by atoms with Crippen molar-refractivity contribution in [1.29, 1.82) is 0 Å². The number of rotatable bonds is 2. The van der Waals surface area contributed by atoms with E-state index in [4.69, 9.17) is 26.4 Å². The summed E-state index contributed by atoms with van der Waals surface area (Å²) >= 11 is 0. The van der Waals surface area contributed by atoms with E-state index >= 15 is 0 Å². The number of fused-ring (bicyclic) bond motifs is 1. The molecule has 0 atom stereocenters. The van der Waals surface area contributed by atoms with Crippen LogP contribution in [0.2, 0.25) is 0 Å². The summed E-state index contributed by atoms with van der Waals surface area (Å²) in [6.07, 6.45) is 0. The molecule has 6 nitrogen and oxygen atoms in total. The minimum Gasteiger partial charge on any atom is -0.497 e. The van der Waals surface area contributed by atoms with Crippen molar-refractivity contribution < 1.29 is 9.15 Å². The largest absolute Gasteiger partial charge is 0.497 e.